The first-order valence-corrected chi connectivity index (χ1v) is 12.1. The van der Waals surface area contributed by atoms with Gasteiger partial charge in [0.1, 0.15) is 12.4 Å². The lowest BCUT2D eigenvalue weighted by Gasteiger charge is -2.22. The number of urea groups is 1. The molecule has 0 aliphatic heterocycles. The van der Waals surface area contributed by atoms with Crippen LogP contribution in [0.2, 0.25) is 0 Å². The fourth-order valence-corrected chi connectivity index (χ4v) is 3.69. The second-order valence-electron chi connectivity index (χ2n) is 9.88. The zero-order chi connectivity index (χ0) is 26.5. The molecule has 0 spiro atoms. The van der Waals surface area contributed by atoms with Gasteiger partial charge in [-0.25, -0.2) is 9.48 Å². The van der Waals surface area contributed by atoms with Crippen molar-refractivity contribution >= 4 is 23.4 Å². The van der Waals surface area contributed by atoms with Crippen LogP contribution in [-0.2, 0) is 10.2 Å². The van der Waals surface area contributed by atoms with Crippen LogP contribution in [0, 0.1) is 25.2 Å². The molecule has 8 heteroatoms. The van der Waals surface area contributed by atoms with Crippen molar-refractivity contribution in [3.8, 4) is 11.8 Å². The van der Waals surface area contributed by atoms with Crippen molar-refractivity contribution < 1.29 is 9.59 Å². The van der Waals surface area contributed by atoms with E-state index in [0.29, 0.717) is 30.0 Å². The molecular weight excluding hydrogens is 452 g/mol. The molecule has 1 heterocycles. The highest BCUT2D eigenvalue weighted by Crippen LogP contribution is 2.28. The number of hydrogen-bond acceptors (Lipinski definition) is 4. The number of aromatic nitrogens is 2. The largest absolute Gasteiger partial charge is 0.322 e. The number of aryl methyl sites for hydroxylation is 1. The maximum absolute atomic E-state index is 13.1. The van der Waals surface area contributed by atoms with Crippen LogP contribution in [0.3, 0.4) is 0 Å². The Morgan fingerprint density at radius 3 is 2.39 bits per heavy atom. The fourth-order valence-electron chi connectivity index (χ4n) is 3.69. The second kappa shape index (κ2) is 11.1. The predicted molar refractivity (Wildman–Crippen MR) is 142 cm³/mol. The number of carbonyl (C=O) groups excluding carboxylic acids is 2. The molecule has 2 aromatic carbocycles. The Hall–Kier alpha value is -4.12. The first kappa shape index (κ1) is 26.5. The summed E-state index contributed by atoms with van der Waals surface area (Å²) in [5.74, 6) is 0.243. The van der Waals surface area contributed by atoms with E-state index in [1.807, 2.05) is 45.0 Å². The van der Waals surface area contributed by atoms with E-state index in [9.17, 15) is 9.59 Å². The van der Waals surface area contributed by atoms with Gasteiger partial charge in [0.25, 0.3) is 0 Å². The van der Waals surface area contributed by atoms with E-state index in [-0.39, 0.29) is 23.9 Å². The molecule has 3 rings (SSSR count). The summed E-state index contributed by atoms with van der Waals surface area (Å²) in [5, 5.41) is 19.5. The molecule has 3 aromatic rings. The number of rotatable bonds is 7. The van der Waals surface area contributed by atoms with E-state index >= 15 is 0 Å². The third kappa shape index (κ3) is 6.30. The molecule has 2 N–H and O–H groups in total. The Kier molecular flexibility index (Phi) is 8.15. The van der Waals surface area contributed by atoms with Crippen molar-refractivity contribution in [3.63, 3.8) is 0 Å². The van der Waals surface area contributed by atoms with E-state index in [1.165, 1.54) is 4.90 Å². The maximum atomic E-state index is 13.1. The molecule has 0 aliphatic carbocycles. The zero-order valence-corrected chi connectivity index (χ0v) is 21.8. The van der Waals surface area contributed by atoms with Gasteiger partial charge in [-0.1, -0.05) is 39.8 Å². The topological polar surface area (TPSA) is 103 Å². The van der Waals surface area contributed by atoms with Crippen LogP contribution in [0.15, 0.2) is 48.5 Å². The molecule has 0 unspecified atom stereocenters. The number of amides is 3. The number of benzene rings is 2. The fraction of sp³-hybridized carbons (Fsp3) is 0.357. The average Bonchev–Trinajstić information content (AvgIpc) is 3.25. The van der Waals surface area contributed by atoms with Gasteiger partial charge in [0.05, 0.1) is 23.0 Å². The number of hydrogen-bond donors (Lipinski definition) is 2. The summed E-state index contributed by atoms with van der Waals surface area (Å²) < 4.78 is 1.77. The van der Waals surface area contributed by atoms with Gasteiger partial charge in [0.2, 0.25) is 5.91 Å². The normalized spacial score (nSPS) is 11.0. The van der Waals surface area contributed by atoms with Gasteiger partial charge in [0, 0.05) is 23.7 Å². The van der Waals surface area contributed by atoms with Crippen molar-refractivity contribution in [2.45, 2.75) is 53.4 Å². The molecule has 0 fully saturated rings. The molecule has 0 saturated carbocycles. The minimum absolute atomic E-state index is 0.112. The van der Waals surface area contributed by atoms with Gasteiger partial charge in [-0.05, 0) is 61.7 Å². The third-order valence-corrected chi connectivity index (χ3v) is 5.93. The van der Waals surface area contributed by atoms with E-state index in [4.69, 9.17) is 10.4 Å². The Morgan fingerprint density at radius 2 is 1.78 bits per heavy atom. The number of anilines is 2. The summed E-state index contributed by atoms with van der Waals surface area (Å²) in [6.45, 7) is 12.6. The Labute approximate surface area is 212 Å². The highest BCUT2D eigenvalue weighted by Gasteiger charge is 2.23. The molecule has 3 amide bonds. The van der Waals surface area contributed by atoms with Gasteiger partial charge in [0.15, 0.2) is 0 Å². The van der Waals surface area contributed by atoms with E-state index < -0.39 is 0 Å². The molecular formula is C28H34N6O2. The Bertz CT molecular complexity index is 1280. The van der Waals surface area contributed by atoms with Crippen LogP contribution in [0.4, 0.5) is 16.3 Å². The summed E-state index contributed by atoms with van der Waals surface area (Å²) >= 11 is 0. The second-order valence-corrected chi connectivity index (χ2v) is 9.88. The highest BCUT2D eigenvalue weighted by molar-refractivity contribution is 5.96. The van der Waals surface area contributed by atoms with Crippen LogP contribution >= 0.6 is 0 Å². The van der Waals surface area contributed by atoms with Crippen LogP contribution in [-0.4, -0.2) is 39.7 Å². The predicted octanol–water partition coefficient (Wildman–Crippen LogP) is 5.54. The van der Waals surface area contributed by atoms with Crippen molar-refractivity contribution in [2.24, 2.45) is 0 Å². The Balaban J connectivity index is 1.82. The summed E-state index contributed by atoms with van der Waals surface area (Å²) in [4.78, 5) is 27.5. The van der Waals surface area contributed by atoms with Crippen molar-refractivity contribution in [2.75, 3.05) is 23.7 Å². The molecule has 0 saturated heterocycles. The first-order valence-electron chi connectivity index (χ1n) is 12.1. The number of nitriles is 1. The number of carbonyl (C=O) groups is 2. The van der Waals surface area contributed by atoms with E-state index in [1.54, 1.807) is 28.9 Å². The van der Waals surface area contributed by atoms with Gasteiger partial charge < -0.3 is 15.5 Å². The summed E-state index contributed by atoms with van der Waals surface area (Å²) in [5.41, 5.74) is 4.80. The average molecular weight is 487 g/mol. The van der Waals surface area contributed by atoms with E-state index in [2.05, 4.69) is 37.5 Å². The summed E-state index contributed by atoms with van der Waals surface area (Å²) in [7, 11) is 0. The van der Waals surface area contributed by atoms with Gasteiger partial charge in [-0.15, -0.1) is 0 Å². The quantitative estimate of drug-likeness (QED) is 0.457. The van der Waals surface area contributed by atoms with Gasteiger partial charge >= 0.3 is 6.03 Å². The lowest BCUT2D eigenvalue weighted by atomic mass is 9.92. The smallest absolute Gasteiger partial charge is 0.315 e. The van der Waals surface area contributed by atoms with Crippen LogP contribution in [0.5, 0.6) is 0 Å². The van der Waals surface area contributed by atoms with Crippen LogP contribution < -0.4 is 10.6 Å². The first-order chi connectivity index (χ1) is 17.0. The maximum Gasteiger partial charge on any atom is 0.322 e. The minimum Gasteiger partial charge on any atom is -0.315 e. The molecule has 0 radical (unpaired) electrons. The van der Waals surface area contributed by atoms with E-state index in [0.717, 1.165) is 22.5 Å². The monoisotopic (exact) mass is 486 g/mol. The van der Waals surface area contributed by atoms with Crippen molar-refractivity contribution in [1.29, 1.82) is 5.26 Å². The molecule has 36 heavy (non-hydrogen) atoms. The molecule has 1 aromatic heterocycles. The lowest BCUT2D eigenvalue weighted by molar-refractivity contribution is -0.116. The molecule has 0 bridgehead atoms. The summed E-state index contributed by atoms with van der Waals surface area (Å²) in [6.07, 6.45) is 0.697. The van der Waals surface area contributed by atoms with Crippen molar-refractivity contribution in [1.82, 2.24) is 14.7 Å². The number of nitrogens with one attached hydrogen (secondary N) is 2. The minimum atomic E-state index is -0.380. The third-order valence-electron chi connectivity index (χ3n) is 5.93. The molecule has 0 atom stereocenters. The zero-order valence-electron chi connectivity index (χ0n) is 21.8. The Morgan fingerprint density at radius 1 is 1.08 bits per heavy atom. The van der Waals surface area contributed by atoms with Gasteiger partial charge in [-0.3, -0.25) is 4.79 Å². The van der Waals surface area contributed by atoms with Crippen molar-refractivity contribution in [3.05, 3.63) is 70.9 Å². The molecule has 0 aliphatic rings. The molecule has 188 valence electrons. The molecule has 8 nitrogen and oxygen atoms in total. The highest BCUT2D eigenvalue weighted by atomic mass is 16.2. The van der Waals surface area contributed by atoms with Crippen LogP contribution in [0.25, 0.3) is 5.69 Å². The van der Waals surface area contributed by atoms with Crippen LogP contribution in [0.1, 0.15) is 56.5 Å². The standard InChI is InChI=1S/C28H34N6O2/c1-7-15-33(27(36)30-22-13-11-21(17-29)12-14-22)18-26(35)31-25-16-24(28(4,5)6)32-34(25)23-10-8-9-19(2)20(23)3/h8-14,16H,7,15,18H2,1-6H3,(H,30,36)(H,31,35). The SMILES string of the molecule is CCCN(CC(=O)Nc1cc(C(C)(C)C)nn1-c1cccc(C)c1C)C(=O)Nc1ccc(C#N)cc1. The lowest BCUT2D eigenvalue weighted by Crippen LogP contribution is -2.41. The van der Waals surface area contributed by atoms with Gasteiger partial charge in [-0.2, -0.15) is 10.4 Å². The number of nitrogens with zero attached hydrogens (tertiary/aromatic N) is 4. The summed E-state index contributed by atoms with van der Waals surface area (Å²) in [6, 6.07) is 16.1.